The van der Waals surface area contributed by atoms with Crippen molar-refractivity contribution in [1.82, 2.24) is 0 Å². The first kappa shape index (κ1) is 14.5. The molecule has 2 N–H and O–H groups in total. The summed E-state index contributed by atoms with van der Waals surface area (Å²) in [5, 5.41) is 0. The molecular formula is C17H27NO. The highest BCUT2D eigenvalue weighted by atomic mass is 16.5. The van der Waals surface area contributed by atoms with Crippen LogP contribution in [-0.4, -0.2) is 12.2 Å². The van der Waals surface area contributed by atoms with Crippen molar-refractivity contribution in [2.45, 2.75) is 58.1 Å². The number of ether oxygens (including phenoxy) is 1. The zero-order valence-corrected chi connectivity index (χ0v) is 12.5. The molecule has 19 heavy (non-hydrogen) atoms. The molecular weight excluding hydrogens is 234 g/mol. The van der Waals surface area contributed by atoms with Crippen LogP contribution in [0.1, 0.15) is 58.1 Å². The summed E-state index contributed by atoms with van der Waals surface area (Å²) in [5.41, 5.74) is 8.00. The van der Waals surface area contributed by atoms with E-state index in [4.69, 9.17) is 10.5 Å². The SMILES string of the molecule is CCOC1(C(N)c2ccccc2)CCC(C)(C)CC1. The lowest BCUT2D eigenvalue weighted by Crippen LogP contribution is -2.48. The van der Waals surface area contributed by atoms with Crippen LogP contribution < -0.4 is 5.73 Å². The second-order valence-electron chi connectivity index (χ2n) is 6.55. The Morgan fingerprint density at radius 2 is 1.68 bits per heavy atom. The first-order chi connectivity index (χ1) is 8.99. The van der Waals surface area contributed by atoms with E-state index in [1.165, 1.54) is 18.4 Å². The average molecular weight is 261 g/mol. The zero-order chi connectivity index (χ0) is 13.9. The van der Waals surface area contributed by atoms with E-state index in [9.17, 15) is 0 Å². The van der Waals surface area contributed by atoms with Crippen molar-refractivity contribution in [1.29, 1.82) is 0 Å². The smallest absolute Gasteiger partial charge is 0.0874 e. The van der Waals surface area contributed by atoms with E-state index < -0.39 is 0 Å². The van der Waals surface area contributed by atoms with E-state index in [0.717, 1.165) is 19.4 Å². The Balaban J connectivity index is 2.20. The normalized spacial score (nSPS) is 22.9. The Labute approximate surface area is 117 Å². The van der Waals surface area contributed by atoms with Gasteiger partial charge in [-0.3, -0.25) is 0 Å². The van der Waals surface area contributed by atoms with E-state index in [1.54, 1.807) is 0 Å². The molecule has 0 aliphatic heterocycles. The summed E-state index contributed by atoms with van der Waals surface area (Å²) in [6.07, 6.45) is 4.49. The van der Waals surface area contributed by atoms with E-state index in [0.29, 0.717) is 5.41 Å². The Bertz CT molecular complexity index is 389. The molecule has 0 spiro atoms. The fourth-order valence-electron chi connectivity index (χ4n) is 3.15. The van der Waals surface area contributed by atoms with Gasteiger partial charge in [0.05, 0.1) is 11.6 Å². The topological polar surface area (TPSA) is 35.2 Å². The van der Waals surface area contributed by atoms with Gasteiger partial charge in [-0.1, -0.05) is 44.2 Å². The molecule has 2 rings (SSSR count). The van der Waals surface area contributed by atoms with Gasteiger partial charge in [-0.15, -0.1) is 0 Å². The third-order valence-corrected chi connectivity index (χ3v) is 4.61. The fraction of sp³-hybridized carbons (Fsp3) is 0.647. The predicted octanol–water partition coefficient (Wildman–Crippen LogP) is 4.06. The van der Waals surface area contributed by atoms with Crippen LogP contribution in [-0.2, 0) is 4.74 Å². The molecule has 1 aromatic carbocycles. The molecule has 106 valence electrons. The minimum Gasteiger partial charge on any atom is -0.373 e. The molecule has 0 aromatic heterocycles. The van der Waals surface area contributed by atoms with E-state index >= 15 is 0 Å². The molecule has 0 bridgehead atoms. The third-order valence-electron chi connectivity index (χ3n) is 4.61. The molecule has 2 nitrogen and oxygen atoms in total. The first-order valence-electron chi connectivity index (χ1n) is 7.44. The molecule has 0 amide bonds. The van der Waals surface area contributed by atoms with Gasteiger partial charge in [0.1, 0.15) is 0 Å². The van der Waals surface area contributed by atoms with Crippen LogP contribution in [0.15, 0.2) is 30.3 Å². The quantitative estimate of drug-likeness (QED) is 0.887. The van der Waals surface area contributed by atoms with E-state index in [2.05, 4.69) is 45.0 Å². The maximum Gasteiger partial charge on any atom is 0.0874 e. The van der Waals surface area contributed by atoms with Crippen LogP contribution in [0.3, 0.4) is 0 Å². The number of hydrogen-bond acceptors (Lipinski definition) is 2. The van der Waals surface area contributed by atoms with E-state index in [-0.39, 0.29) is 11.6 Å². The molecule has 1 aliphatic carbocycles. The summed E-state index contributed by atoms with van der Waals surface area (Å²) in [4.78, 5) is 0. The molecule has 0 radical (unpaired) electrons. The summed E-state index contributed by atoms with van der Waals surface area (Å²) in [5.74, 6) is 0. The Hall–Kier alpha value is -0.860. The van der Waals surface area contributed by atoms with Gasteiger partial charge in [0.2, 0.25) is 0 Å². The van der Waals surface area contributed by atoms with Crippen molar-refractivity contribution < 1.29 is 4.74 Å². The number of rotatable bonds is 4. The molecule has 1 aromatic rings. The first-order valence-corrected chi connectivity index (χ1v) is 7.44. The Morgan fingerprint density at radius 1 is 1.11 bits per heavy atom. The molecule has 1 atom stereocenters. The lowest BCUT2D eigenvalue weighted by molar-refractivity contribution is -0.100. The lowest BCUT2D eigenvalue weighted by atomic mass is 9.67. The molecule has 1 fully saturated rings. The minimum atomic E-state index is -0.175. The highest BCUT2D eigenvalue weighted by molar-refractivity contribution is 5.22. The molecule has 1 aliphatic rings. The summed E-state index contributed by atoms with van der Waals surface area (Å²) >= 11 is 0. The Kier molecular flexibility index (Phi) is 4.32. The lowest BCUT2D eigenvalue weighted by Gasteiger charge is -2.46. The number of hydrogen-bond donors (Lipinski definition) is 1. The number of benzene rings is 1. The largest absolute Gasteiger partial charge is 0.373 e. The van der Waals surface area contributed by atoms with Crippen LogP contribution in [0.25, 0.3) is 0 Å². The van der Waals surface area contributed by atoms with Crippen LogP contribution in [0.2, 0.25) is 0 Å². The van der Waals surface area contributed by atoms with E-state index in [1.807, 2.05) is 6.07 Å². The highest BCUT2D eigenvalue weighted by Crippen LogP contribution is 2.46. The van der Waals surface area contributed by atoms with Gasteiger partial charge in [0, 0.05) is 6.61 Å². The predicted molar refractivity (Wildman–Crippen MR) is 80.0 cm³/mol. The van der Waals surface area contributed by atoms with Gasteiger partial charge in [0.25, 0.3) is 0 Å². The van der Waals surface area contributed by atoms with Gasteiger partial charge in [0.15, 0.2) is 0 Å². The van der Waals surface area contributed by atoms with Crippen molar-refractivity contribution in [3.8, 4) is 0 Å². The van der Waals surface area contributed by atoms with Crippen molar-refractivity contribution in [2.24, 2.45) is 11.1 Å². The van der Waals surface area contributed by atoms with Crippen molar-refractivity contribution >= 4 is 0 Å². The standard InChI is InChI=1S/C17H27NO/c1-4-19-17(12-10-16(2,3)11-13-17)15(18)14-8-6-5-7-9-14/h5-9,15H,4,10-13,18H2,1-3H3. The summed E-state index contributed by atoms with van der Waals surface area (Å²) in [6.45, 7) is 7.49. The van der Waals surface area contributed by atoms with Gasteiger partial charge in [-0.25, -0.2) is 0 Å². The molecule has 1 saturated carbocycles. The molecule has 2 heteroatoms. The van der Waals surface area contributed by atoms with Gasteiger partial charge in [-0.2, -0.15) is 0 Å². The fourth-order valence-corrected chi connectivity index (χ4v) is 3.15. The zero-order valence-electron chi connectivity index (χ0n) is 12.5. The molecule has 0 heterocycles. The maximum atomic E-state index is 6.55. The highest BCUT2D eigenvalue weighted by Gasteiger charge is 2.43. The second-order valence-corrected chi connectivity index (χ2v) is 6.55. The monoisotopic (exact) mass is 261 g/mol. The Morgan fingerprint density at radius 3 is 2.21 bits per heavy atom. The van der Waals surface area contributed by atoms with Crippen LogP contribution in [0.5, 0.6) is 0 Å². The van der Waals surface area contributed by atoms with Crippen molar-refractivity contribution in [3.05, 3.63) is 35.9 Å². The maximum absolute atomic E-state index is 6.55. The molecule has 0 saturated heterocycles. The third kappa shape index (κ3) is 3.18. The van der Waals surface area contributed by atoms with Crippen LogP contribution >= 0.6 is 0 Å². The van der Waals surface area contributed by atoms with Crippen LogP contribution in [0, 0.1) is 5.41 Å². The average Bonchev–Trinajstić information content (AvgIpc) is 2.42. The second kappa shape index (κ2) is 5.64. The summed E-state index contributed by atoms with van der Waals surface area (Å²) in [7, 11) is 0. The van der Waals surface area contributed by atoms with Crippen molar-refractivity contribution in [2.75, 3.05) is 6.61 Å². The van der Waals surface area contributed by atoms with Crippen molar-refractivity contribution in [3.63, 3.8) is 0 Å². The number of nitrogens with two attached hydrogens (primary N) is 1. The van der Waals surface area contributed by atoms with Crippen LogP contribution in [0.4, 0.5) is 0 Å². The summed E-state index contributed by atoms with van der Waals surface area (Å²) < 4.78 is 6.15. The van der Waals surface area contributed by atoms with Gasteiger partial charge >= 0.3 is 0 Å². The molecule has 1 unspecified atom stereocenters. The van der Waals surface area contributed by atoms with Gasteiger partial charge in [-0.05, 0) is 43.6 Å². The summed E-state index contributed by atoms with van der Waals surface area (Å²) in [6, 6.07) is 10.4. The van der Waals surface area contributed by atoms with Gasteiger partial charge < -0.3 is 10.5 Å². The minimum absolute atomic E-state index is 0.0234.